The van der Waals surface area contributed by atoms with Crippen molar-refractivity contribution in [3.05, 3.63) is 242 Å². The molecule has 0 fully saturated rings. The van der Waals surface area contributed by atoms with Crippen molar-refractivity contribution in [2.24, 2.45) is 0 Å². The van der Waals surface area contributed by atoms with E-state index in [0.29, 0.717) is 160 Å². The maximum atomic E-state index is 12.7. The fourth-order valence-corrected chi connectivity index (χ4v) is 12.0. The van der Waals surface area contributed by atoms with Gasteiger partial charge in [0, 0.05) is 25.0 Å². The number of carbonyl (C=O) groups is 10. The predicted octanol–water partition coefficient (Wildman–Crippen LogP) is 21.9. The highest BCUT2D eigenvalue weighted by molar-refractivity contribution is 5.93. The Morgan fingerprint density at radius 2 is 0.429 bits per heavy atom. The molecule has 0 spiro atoms. The Morgan fingerprint density at radius 3 is 0.667 bits per heavy atom. The molecule has 0 aliphatic carbocycles. The molecule has 126 heavy (non-hydrogen) atoms. The van der Waals surface area contributed by atoms with Crippen LogP contribution in [0.2, 0.25) is 0 Å². The van der Waals surface area contributed by atoms with Crippen LogP contribution >= 0.6 is 0 Å². The normalized spacial score (nSPS) is 10.5. The first-order chi connectivity index (χ1) is 61.4. The second kappa shape index (κ2) is 62.3. The summed E-state index contributed by atoms with van der Waals surface area (Å²) in [7, 11) is 0. The summed E-state index contributed by atoms with van der Waals surface area (Å²) in [5, 5.41) is 0. The molecule has 674 valence electrons. The number of benzene rings is 8. The molecule has 0 radical (unpaired) electrons. The molecular weight excluding hydrogens is 1610 g/mol. The van der Waals surface area contributed by atoms with Gasteiger partial charge in [0.25, 0.3) is 0 Å². The molecule has 24 heteroatoms. The fraction of sp³-hybridized carbons (Fsp3) is 0.392. The van der Waals surface area contributed by atoms with Gasteiger partial charge in [-0.2, -0.15) is 0 Å². The van der Waals surface area contributed by atoms with Gasteiger partial charge in [0.2, 0.25) is 0 Å². The highest BCUT2D eigenvalue weighted by Gasteiger charge is 2.17. The van der Waals surface area contributed by atoms with Crippen molar-refractivity contribution in [3.8, 4) is 68.2 Å². The summed E-state index contributed by atoms with van der Waals surface area (Å²) in [5.41, 5.74) is 5.35. The van der Waals surface area contributed by atoms with Crippen LogP contribution in [0.1, 0.15) is 236 Å². The van der Waals surface area contributed by atoms with Crippen molar-refractivity contribution in [2.45, 2.75) is 195 Å². The Bertz CT molecular complexity index is 4230. The highest BCUT2D eigenvalue weighted by atomic mass is 16.6. The zero-order valence-electron chi connectivity index (χ0n) is 73.3. The first-order valence-corrected chi connectivity index (χ1v) is 43.8. The molecule has 0 N–H and O–H groups in total. The van der Waals surface area contributed by atoms with Gasteiger partial charge >= 0.3 is 59.7 Å². The minimum Gasteiger partial charge on any atom is -0.494 e. The van der Waals surface area contributed by atoms with E-state index < -0.39 is 47.8 Å². The van der Waals surface area contributed by atoms with Crippen LogP contribution < -0.4 is 37.9 Å². The third-order valence-electron chi connectivity index (χ3n) is 19.0. The minimum atomic E-state index is -0.467. The van der Waals surface area contributed by atoms with E-state index in [1.807, 2.05) is 62.4 Å². The largest absolute Gasteiger partial charge is 0.494 e. The van der Waals surface area contributed by atoms with Gasteiger partial charge in [-0.1, -0.05) is 114 Å². The number of esters is 10. The average molecular weight is 1730 g/mol. The average Bonchev–Trinajstić information content (AvgIpc) is 0.894. The van der Waals surface area contributed by atoms with Gasteiger partial charge in [0.1, 0.15) is 46.0 Å². The smallest absolute Gasteiger partial charge is 0.343 e. The minimum absolute atomic E-state index is 0.00666. The first kappa shape index (κ1) is 102. The number of hydrogen-bond donors (Lipinski definition) is 0. The molecule has 24 nitrogen and oxygen atoms in total. The van der Waals surface area contributed by atoms with Gasteiger partial charge in [0.05, 0.1) is 101 Å². The monoisotopic (exact) mass is 1730 g/mol. The summed E-state index contributed by atoms with van der Waals surface area (Å²) in [6, 6.07) is 56.0. The highest BCUT2D eigenvalue weighted by Crippen LogP contribution is 2.29. The molecule has 0 aromatic heterocycles. The number of unbranched alkanes of at least 4 members (excludes halogenated alkanes) is 16. The molecule has 8 aromatic rings. The molecule has 0 saturated carbocycles. The summed E-state index contributed by atoms with van der Waals surface area (Å²) in [6.45, 7) is 19.4. The molecule has 0 unspecified atom stereocenters. The van der Waals surface area contributed by atoms with Crippen LogP contribution in [0.5, 0.6) is 46.0 Å². The van der Waals surface area contributed by atoms with Crippen LogP contribution in [-0.2, 0) is 57.2 Å². The second-order valence-corrected chi connectivity index (χ2v) is 29.0. The van der Waals surface area contributed by atoms with E-state index >= 15 is 0 Å². The second-order valence-electron chi connectivity index (χ2n) is 29.0. The molecule has 0 heterocycles. The molecule has 0 bridgehead atoms. The molecule has 0 aliphatic heterocycles. The number of ether oxygens (including phenoxy) is 14. The Morgan fingerprint density at radius 1 is 0.222 bits per heavy atom. The molecule has 8 aromatic carbocycles. The number of hydrogen-bond acceptors (Lipinski definition) is 24. The molecule has 0 aliphatic rings. The predicted molar refractivity (Wildman–Crippen MR) is 480 cm³/mol. The standard InChI is InChI=1S/2C37H36O8.C28H50O8/c2*1-3-35(38)43-26-8-6-5-7-25-42-32-19-15-30(16-20-32)37(40)45-34-23-11-28(12-24-34)27-9-21-33(22-10-27)44-36(39)29-13-17-31(18-14-29)41-4-2;1-3-5-7-13-21-33-25(29)17-11-9-15-23-35-27(31)19-20-28(32)36-24-16-10-12-18-26(30)34-22-14-8-6-4-2/h2*3,9-24H,1,4-8,25-26H2,2H3;3-24H2,1-2H3. The molecular formula is C102H122O24. The van der Waals surface area contributed by atoms with E-state index in [0.717, 1.165) is 150 Å². The SMILES string of the molecule is C=CC(=O)OCCCCCCOc1ccc(C(=O)Oc2ccc(-c3ccc(OC(=O)c4ccc(OCC)cc4)cc3)cc2)cc1.C=CC(=O)OCCCCCCOc1ccc(C(=O)Oc2ccc(-c3ccc(OC(=O)c4ccc(OCC)cc4)cc3)cc2)cc1.CCCCCCOC(=O)CCCCCOC(=O)CCC(=O)OCCCCCC(=O)OCCCCCC. The van der Waals surface area contributed by atoms with E-state index in [9.17, 15) is 47.9 Å². The van der Waals surface area contributed by atoms with Crippen LogP contribution in [0.4, 0.5) is 0 Å². The molecule has 8 rings (SSSR count). The Hall–Kier alpha value is -12.9. The third-order valence-corrected chi connectivity index (χ3v) is 19.0. The summed E-state index contributed by atoms with van der Waals surface area (Å²) in [5.74, 6) is 0.625. The lowest BCUT2D eigenvalue weighted by atomic mass is 10.1. The van der Waals surface area contributed by atoms with E-state index in [-0.39, 0.29) is 38.0 Å². The topological polar surface area (TPSA) is 300 Å². The maximum Gasteiger partial charge on any atom is 0.343 e. The van der Waals surface area contributed by atoms with Crippen molar-refractivity contribution >= 4 is 59.7 Å². The number of carbonyl (C=O) groups excluding carboxylic acids is 10. The Labute approximate surface area is 740 Å². The van der Waals surface area contributed by atoms with Crippen molar-refractivity contribution in [1.29, 1.82) is 0 Å². The zero-order chi connectivity index (χ0) is 90.4. The van der Waals surface area contributed by atoms with Crippen molar-refractivity contribution in [2.75, 3.05) is 66.1 Å². The zero-order valence-corrected chi connectivity index (χ0v) is 73.3. The lowest BCUT2D eigenvalue weighted by Crippen LogP contribution is -2.11. The van der Waals surface area contributed by atoms with Crippen LogP contribution in [-0.4, -0.2) is 126 Å². The summed E-state index contributed by atoms with van der Waals surface area (Å²) < 4.78 is 74.9. The van der Waals surface area contributed by atoms with Gasteiger partial charge in [-0.3, -0.25) is 19.2 Å². The van der Waals surface area contributed by atoms with E-state index in [1.54, 1.807) is 146 Å². The Balaban J connectivity index is 0.000000295. The summed E-state index contributed by atoms with van der Waals surface area (Å²) >= 11 is 0. The van der Waals surface area contributed by atoms with E-state index in [1.165, 1.54) is 0 Å². The van der Waals surface area contributed by atoms with Crippen LogP contribution in [0.15, 0.2) is 219 Å². The lowest BCUT2D eigenvalue weighted by molar-refractivity contribution is -0.150. The summed E-state index contributed by atoms with van der Waals surface area (Å²) in [4.78, 5) is 119. The van der Waals surface area contributed by atoms with Gasteiger partial charge < -0.3 is 66.3 Å². The number of rotatable bonds is 57. The van der Waals surface area contributed by atoms with Gasteiger partial charge in [0.15, 0.2) is 0 Å². The van der Waals surface area contributed by atoms with Crippen LogP contribution in [0.25, 0.3) is 22.3 Å². The van der Waals surface area contributed by atoms with Crippen molar-refractivity contribution < 1.29 is 114 Å². The molecule has 0 amide bonds. The van der Waals surface area contributed by atoms with Crippen LogP contribution in [0, 0.1) is 0 Å². The van der Waals surface area contributed by atoms with Crippen molar-refractivity contribution in [1.82, 2.24) is 0 Å². The van der Waals surface area contributed by atoms with E-state index in [4.69, 9.17) is 66.3 Å². The lowest BCUT2D eigenvalue weighted by Gasteiger charge is -2.09. The van der Waals surface area contributed by atoms with Crippen molar-refractivity contribution in [3.63, 3.8) is 0 Å². The molecule has 0 saturated heterocycles. The first-order valence-electron chi connectivity index (χ1n) is 43.8. The summed E-state index contributed by atoms with van der Waals surface area (Å²) in [6.07, 6.45) is 23.2. The third kappa shape index (κ3) is 43.5. The quantitative estimate of drug-likeness (QED) is 0.0112. The molecule has 0 atom stereocenters. The van der Waals surface area contributed by atoms with Gasteiger partial charge in [-0.15, -0.1) is 0 Å². The van der Waals surface area contributed by atoms with Gasteiger partial charge in [-0.05, 0) is 284 Å². The fourth-order valence-electron chi connectivity index (χ4n) is 12.0. The Kier molecular flexibility index (Phi) is 50.4. The van der Waals surface area contributed by atoms with Gasteiger partial charge in [-0.25, -0.2) is 28.8 Å². The maximum absolute atomic E-state index is 12.7. The van der Waals surface area contributed by atoms with Crippen LogP contribution in [0.3, 0.4) is 0 Å². The van der Waals surface area contributed by atoms with E-state index in [2.05, 4.69) is 27.0 Å².